The highest BCUT2D eigenvalue weighted by Crippen LogP contribution is 2.29. The number of rotatable bonds is 4. The molecule has 2 aromatic rings. The number of nitrogens with zero attached hydrogens (tertiary/aromatic N) is 2. The van der Waals surface area contributed by atoms with E-state index in [9.17, 15) is 9.59 Å². The van der Waals surface area contributed by atoms with Gasteiger partial charge in [0.2, 0.25) is 0 Å². The van der Waals surface area contributed by atoms with Crippen molar-refractivity contribution in [1.29, 1.82) is 0 Å². The van der Waals surface area contributed by atoms with Gasteiger partial charge in [0.1, 0.15) is 0 Å². The van der Waals surface area contributed by atoms with Crippen molar-refractivity contribution in [3.63, 3.8) is 0 Å². The van der Waals surface area contributed by atoms with E-state index in [4.69, 9.17) is 0 Å². The maximum Gasteiger partial charge on any atom is 0.190 e. The summed E-state index contributed by atoms with van der Waals surface area (Å²) in [7, 11) is 0. The minimum atomic E-state index is -0.501. The van der Waals surface area contributed by atoms with Gasteiger partial charge in [0.15, 0.2) is 18.4 Å². The average molecular weight is 229 g/mol. The van der Waals surface area contributed by atoms with E-state index in [1.807, 2.05) is 33.7 Å². The molecule has 0 spiro atoms. The number of hydrogen-bond donors (Lipinski definition) is 1. The van der Waals surface area contributed by atoms with Gasteiger partial charge in [0, 0.05) is 12.4 Å². The molecule has 0 amide bonds. The second-order valence-corrected chi connectivity index (χ2v) is 4.01. The average Bonchev–Trinajstić information content (AvgIpc) is 2.85. The number of carbonyl (C=O) groups excluding carboxylic acids is 2. The van der Waals surface area contributed by atoms with Crippen LogP contribution in [-0.2, 0) is 5.79 Å². The molecule has 1 aliphatic rings. The third-order valence-corrected chi connectivity index (χ3v) is 3.09. The van der Waals surface area contributed by atoms with Crippen molar-refractivity contribution in [2.45, 2.75) is 5.79 Å². The van der Waals surface area contributed by atoms with Gasteiger partial charge in [-0.3, -0.25) is 14.9 Å². The molecule has 0 atom stereocenters. The van der Waals surface area contributed by atoms with Crippen LogP contribution in [0.25, 0.3) is 0 Å². The van der Waals surface area contributed by atoms with Gasteiger partial charge in [-0.15, -0.1) is 0 Å². The first-order valence-corrected chi connectivity index (χ1v) is 5.33. The summed E-state index contributed by atoms with van der Waals surface area (Å²) >= 11 is 0. The van der Waals surface area contributed by atoms with Crippen LogP contribution in [0.4, 0.5) is 0 Å². The molecule has 5 heteroatoms. The highest BCUT2D eigenvalue weighted by atomic mass is 16.1. The normalized spacial score (nSPS) is 16.7. The Bertz CT molecular complexity index is 530. The lowest BCUT2D eigenvalue weighted by Gasteiger charge is -2.21. The highest BCUT2D eigenvalue weighted by Gasteiger charge is 2.47. The number of hydrogen-bond acceptors (Lipinski definition) is 3. The molecule has 3 rings (SSSR count). The molecular weight excluding hydrogens is 218 g/mol. The summed E-state index contributed by atoms with van der Waals surface area (Å²) in [6.45, 7) is 0.692. The molecule has 0 aliphatic carbocycles. The van der Waals surface area contributed by atoms with E-state index >= 15 is 0 Å². The molecule has 0 aromatic carbocycles. The zero-order valence-corrected chi connectivity index (χ0v) is 9.04. The number of nitrogens with one attached hydrogen (secondary N) is 1. The Hall–Kier alpha value is -2.14. The van der Waals surface area contributed by atoms with E-state index in [1.54, 1.807) is 12.1 Å². The third-order valence-electron chi connectivity index (χ3n) is 3.09. The predicted octanol–water partition coefficient (Wildman–Crippen LogP) is 0.676. The lowest BCUT2D eigenvalue weighted by Crippen LogP contribution is -2.32. The van der Waals surface area contributed by atoms with Crippen molar-refractivity contribution in [1.82, 2.24) is 14.5 Å². The Morgan fingerprint density at radius 3 is 1.88 bits per heavy atom. The Labute approximate surface area is 97.7 Å². The molecule has 86 valence electrons. The molecule has 1 N–H and O–H groups in total. The number of aromatic nitrogens is 2. The third kappa shape index (κ3) is 1.29. The van der Waals surface area contributed by atoms with Gasteiger partial charge in [-0.1, -0.05) is 0 Å². The maximum atomic E-state index is 11.0. The predicted molar refractivity (Wildman–Crippen MR) is 61.0 cm³/mol. The zero-order valence-electron chi connectivity index (χ0n) is 9.04. The summed E-state index contributed by atoms with van der Waals surface area (Å²) < 4.78 is 3.68. The Balaban J connectivity index is 2.14. The molecule has 1 aliphatic heterocycles. The second-order valence-electron chi connectivity index (χ2n) is 4.01. The Morgan fingerprint density at radius 2 is 1.53 bits per heavy atom. The fourth-order valence-corrected chi connectivity index (χ4v) is 2.19. The summed E-state index contributed by atoms with van der Waals surface area (Å²) in [5.74, 6) is -0.501. The van der Waals surface area contributed by atoms with Gasteiger partial charge in [0.05, 0.1) is 17.9 Å². The molecule has 3 heterocycles. The van der Waals surface area contributed by atoms with Crippen molar-refractivity contribution in [2.24, 2.45) is 0 Å². The highest BCUT2D eigenvalue weighted by molar-refractivity contribution is 5.74. The van der Waals surface area contributed by atoms with Gasteiger partial charge < -0.3 is 9.13 Å². The topological polar surface area (TPSA) is 65.9 Å². The minimum absolute atomic E-state index is 0.501. The van der Waals surface area contributed by atoms with Crippen LogP contribution in [0.1, 0.15) is 21.0 Å². The molecule has 17 heavy (non-hydrogen) atoms. The van der Waals surface area contributed by atoms with Gasteiger partial charge in [0.25, 0.3) is 0 Å². The fraction of sp³-hybridized carbons (Fsp3) is 0.167. The molecule has 0 saturated carbocycles. The first kappa shape index (κ1) is 10.0. The second kappa shape index (κ2) is 3.43. The largest absolute Gasteiger partial charge is 0.308 e. The smallest absolute Gasteiger partial charge is 0.190 e. The molecule has 0 unspecified atom stereocenters. The van der Waals surface area contributed by atoms with Crippen molar-refractivity contribution in [3.8, 4) is 0 Å². The van der Waals surface area contributed by atoms with E-state index in [2.05, 4.69) is 5.32 Å². The van der Waals surface area contributed by atoms with Crippen LogP contribution in [-0.4, -0.2) is 28.3 Å². The monoisotopic (exact) mass is 229 g/mol. The molecule has 2 aromatic heterocycles. The number of carbonyl (C=O) groups is 2. The SMILES string of the molecule is O=Cc1cccn1C1(n2cccc2C=O)CN1. The van der Waals surface area contributed by atoms with Crippen LogP contribution < -0.4 is 5.32 Å². The van der Waals surface area contributed by atoms with Crippen molar-refractivity contribution in [3.05, 3.63) is 48.0 Å². The molecular formula is C12H11N3O2. The molecule has 5 nitrogen and oxygen atoms in total. The zero-order chi connectivity index (χ0) is 11.9. The summed E-state index contributed by atoms with van der Waals surface area (Å²) in [5, 5.41) is 3.21. The van der Waals surface area contributed by atoms with E-state index in [0.717, 1.165) is 12.6 Å². The quantitative estimate of drug-likeness (QED) is 0.619. The van der Waals surface area contributed by atoms with E-state index < -0.39 is 5.79 Å². The van der Waals surface area contributed by atoms with Crippen LogP contribution in [0.3, 0.4) is 0 Å². The number of aldehydes is 2. The lowest BCUT2D eigenvalue weighted by atomic mass is 10.4. The summed E-state index contributed by atoms with van der Waals surface area (Å²) in [5.41, 5.74) is 1.17. The first-order valence-electron chi connectivity index (χ1n) is 5.33. The summed E-state index contributed by atoms with van der Waals surface area (Å²) in [4.78, 5) is 21.9. The Morgan fingerprint density at radius 1 is 1.06 bits per heavy atom. The summed E-state index contributed by atoms with van der Waals surface area (Å²) in [6.07, 6.45) is 5.29. The van der Waals surface area contributed by atoms with Crippen molar-refractivity contribution >= 4 is 12.6 Å². The van der Waals surface area contributed by atoms with E-state index in [1.165, 1.54) is 0 Å². The molecule has 1 saturated heterocycles. The van der Waals surface area contributed by atoms with Gasteiger partial charge >= 0.3 is 0 Å². The van der Waals surface area contributed by atoms with Crippen LogP contribution in [0.5, 0.6) is 0 Å². The van der Waals surface area contributed by atoms with Crippen LogP contribution in [0.15, 0.2) is 36.7 Å². The van der Waals surface area contributed by atoms with E-state index in [-0.39, 0.29) is 0 Å². The molecule has 0 radical (unpaired) electrons. The minimum Gasteiger partial charge on any atom is -0.308 e. The van der Waals surface area contributed by atoms with E-state index in [0.29, 0.717) is 17.9 Å². The maximum absolute atomic E-state index is 11.0. The standard InChI is InChI=1S/C12H11N3O2/c16-7-10-3-1-5-14(10)12(9-13-12)15-6-2-4-11(15)8-17/h1-8,13H,9H2. The molecule has 1 fully saturated rings. The van der Waals surface area contributed by atoms with Gasteiger partial charge in [-0.2, -0.15) is 0 Å². The van der Waals surface area contributed by atoms with Gasteiger partial charge in [-0.25, -0.2) is 0 Å². The lowest BCUT2D eigenvalue weighted by molar-refractivity contribution is 0.111. The van der Waals surface area contributed by atoms with Crippen molar-refractivity contribution < 1.29 is 9.59 Å². The Kier molecular flexibility index (Phi) is 2.02. The molecule has 0 bridgehead atoms. The summed E-state index contributed by atoms with van der Waals surface area (Å²) in [6, 6.07) is 7.13. The van der Waals surface area contributed by atoms with Gasteiger partial charge in [-0.05, 0) is 24.3 Å². The first-order chi connectivity index (χ1) is 8.31. The van der Waals surface area contributed by atoms with Crippen LogP contribution in [0.2, 0.25) is 0 Å². The van der Waals surface area contributed by atoms with Crippen LogP contribution >= 0.6 is 0 Å². The van der Waals surface area contributed by atoms with Crippen molar-refractivity contribution in [2.75, 3.05) is 6.54 Å². The fourth-order valence-electron chi connectivity index (χ4n) is 2.19. The van der Waals surface area contributed by atoms with Crippen LogP contribution in [0, 0.1) is 0 Å².